The first-order chi connectivity index (χ1) is 64.3. The van der Waals surface area contributed by atoms with E-state index in [9.17, 15) is 8.78 Å². The third-order valence-corrected chi connectivity index (χ3v) is 36.2. The lowest BCUT2D eigenvalue weighted by Gasteiger charge is -2.57. The Kier molecular flexibility index (Phi) is 52.1. The number of ether oxygens (including phenoxy) is 1. The van der Waals surface area contributed by atoms with Crippen LogP contribution in [0.4, 0.5) is 8.78 Å². The molecular formula is C123H238F2N10O. The van der Waals surface area contributed by atoms with Crippen molar-refractivity contribution in [3.05, 3.63) is 0 Å². The molecule has 0 unspecified atom stereocenters. The number of piperidine rings is 4. The van der Waals surface area contributed by atoms with Gasteiger partial charge < -0.3 is 43.9 Å². The normalized spacial score (nSPS) is 25.4. The molecule has 16 aliphatic rings. The van der Waals surface area contributed by atoms with Gasteiger partial charge in [-0.3, -0.25) is 9.80 Å². The van der Waals surface area contributed by atoms with E-state index in [-0.39, 0.29) is 11.8 Å². The van der Waals surface area contributed by atoms with E-state index in [1.165, 1.54) is 465 Å². The van der Waals surface area contributed by atoms with Crippen molar-refractivity contribution in [1.82, 2.24) is 49.0 Å². The van der Waals surface area contributed by atoms with Gasteiger partial charge in [0.2, 0.25) is 0 Å². The average Bonchev–Trinajstić information content (AvgIpc) is 0.763. The second-order valence-electron chi connectivity index (χ2n) is 58.1. The van der Waals surface area contributed by atoms with E-state index in [4.69, 9.17) is 4.74 Å². The molecule has 0 aromatic heterocycles. The van der Waals surface area contributed by atoms with Gasteiger partial charge in [0.1, 0.15) is 0 Å². The van der Waals surface area contributed by atoms with E-state index in [0.717, 1.165) is 104 Å². The highest BCUT2D eigenvalue weighted by atomic mass is 19.3. The van der Waals surface area contributed by atoms with Crippen molar-refractivity contribution in [2.75, 3.05) is 203 Å². The number of hydrogen-bond acceptors (Lipinski definition) is 11. The van der Waals surface area contributed by atoms with Crippen LogP contribution in [-0.2, 0) is 4.74 Å². The highest BCUT2D eigenvalue weighted by Crippen LogP contribution is 2.50. The Hall–Kier alpha value is -0.580. The zero-order chi connectivity index (χ0) is 98.4. The van der Waals surface area contributed by atoms with E-state index in [0.29, 0.717) is 45.5 Å². The average molecular weight is 1910 g/mol. The summed E-state index contributed by atoms with van der Waals surface area (Å²) in [5.41, 5.74) is 4.12. The Morgan fingerprint density at radius 3 is 0.868 bits per heavy atom. The van der Waals surface area contributed by atoms with E-state index in [1.807, 2.05) is 20.8 Å². The molecule has 800 valence electrons. The lowest BCUT2D eigenvalue weighted by molar-refractivity contribution is -0.104. The van der Waals surface area contributed by atoms with Gasteiger partial charge in [0.15, 0.2) is 0 Å². The fourth-order valence-electron chi connectivity index (χ4n) is 26.9. The molecule has 8 heterocycles. The summed E-state index contributed by atoms with van der Waals surface area (Å²) in [5, 5.41) is 0. The Morgan fingerprint density at radius 2 is 0.522 bits per heavy atom. The van der Waals surface area contributed by atoms with Crippen LogP contribution in [0.15, 0.2) is 0 Å². The van der Waals surface area contributed by atoms with Crippen LogP contribution in [-0.4, -0.2) is 263 Å². The highest BCUT2D eigenvalue weighted by Gasteiger charge is 2.49. The van der Waals surface area contributed by atoms with Gasteiger partial charge in [-0.15, -0.1) is 0 Å². The summed E-state index contributed by atoms with van der Waals surface area (Å²) in [7, 11) is 0. The van der Waals surface area contributed by atoms with Crippen LogP contribution in [0.1, 0.15) is 479 Å². The van der Waals surface area contributed by atoms with Gasteiger partial charge in [0.05, 0.1) is 6.61 Å². The monoisotopic (exact) mass is 1910 g/mol. The van der Waals surface area contributed by atoms with Crippen LogP contribution in [0.5, 0.6) is 0 Å². The summed E-state index contributed by atoms with van der Waals surface area (Å²) >= 11 is 0. The predicted octanol–water partition coefficient (Wildman–Crippen LogP) is 30.7. The molecule has 0 aromatic carbocycles. The summed E-state index contributed by atoms with van der Waals surface area (Å²) < 4.78 is 34.4. The van der Waals surface area contributed by atoms with Gasteiger partial charge in [-0.25, -0.2) is 8.78 Å². The summed E-state index contributed by atoms with van der Waals surface area (Å²) in [5.74, 6) is 5.15. The van der Waals surface area contributed by atoms with Crippen LogP contribution in [0.25, 0.3) is 0 Å². The number of halogens is 2. The van der Waals surface area contributed by atoms with Crippen molar-refractivity contribution < 1.29 is 13.5 Å². The minimum atomic E-state index is -2.49. The minimum absolute atomic E-state index is 0.0211. The molecule has 136 heavy (non-hydrogen) atoms. The molecule has 2 spiro atoms. The molecule has 13 heteroatoms. The molecule has 0 aromatic rings. The molecule has 8 saturated heterocycles. The smallest absolute Gasteiger partial charge is 0.251 e. The number of rotatable bonds is 26. The maximum Gasteiger partial charge on any atom is 0.251 e. The van der Waals surface area contributed by atoms with E-state index >= 15 is 0 Å². The Balaban J connectivity index is 0.000000175. The molecule has 0 amide bonds. The van der Waals surface area contributed by atoms with Crippen LogP contribution in [0.3, 0.4) is 0 Å². The first-order valence-electron chi connectivity index (χ1n) is 60.6. The van der Waals surface area contributed by atoms with Crippen LogP contribution in [0.2, 0.25) is 0 Å². The molecule has 8 aliphatic heterocycles. The second kappa shape index (κ2) is 59.6. The number of alkyl halides is 2. The lowest BCUT2D eigenvalue weighted by Crippen LogP contribution is -2.60. The maximum atomic E-state index is 14.4. The van der Waals surface area contributed by atoms with E-state index in [1.54, 1.807) is 6.42 Å². The molecule has 11 nitrogen and oxygen atoms in total. The van der Waals surface area contributed by atoms with Gasteiger partial charge in [-0.2, -0.15) is 0 Å². The van der Waals surface area contributed by atoms with Gasteiger partial charge >= 0.3 is 0 Å². The van der Waals surface area contributed by atoms with Crippen molar-refractivity contribution in [2.45, 2.75) is 491 Å². The predicted molar refractivity (Wildman–Crippen MR) is 588 cm³/mol. The highest BCUT2D eigenvalue weighted by molar-refractivity contribution is 5.02. The van der Waals surface area contributed by atoms with Crippen molar-refractivity contribution in [2.24, 2.45) is 96.6 Å². The first-order valence-corrected chi connectivity index (χ1v) is 60.6. The molecule has 8 saturated carbocycles. The molecule has 0 bridgehead atoms. The number of piperazine rings is 2. The summed E-state index contributed by atoms with van der Waals surface area (Å²) in [4.78, 5) is 26.6. The summed E-state index contributed by atoms with van der Waals surface area (Å²) in [6.07, 6.45) is 72.9. The zero-order valence-electron chi connectivity index (χ0n) is 95.5. The molecule has 8 aliphatic carbocycles. The summed E-state index contributed by atoms with van der Waals surface area (Å²) in [6, 6.07) is 0. The molecule has 0 radical (unpaired) electrons. The number of likely N-dealkylation sites (tertiary alicyclic amines) is 6. The Labute approximate surface area is 847 Å². The van der Waals surface area contributed by atoms with Crippen molar-refractivity contribution in [3.63, 3.8) is 0 Å². The molecular weight excluding hydrogens is 1670 g/mol. The first kappa shape index (κ1) is 119. The van der Waals surface area contributed by atoms with Gasteiger partial charge in [-0.05, 0) is 350 Å². The van der Waals surface area contributed by atoms with Crippen molar-refractivity contribution >= 4 is 0 Å². The van der Waals surface area contributed by atoms with Crippen molar-refractivity contribution in [1.29, 1.82) is 0 Å². The lowest BCUT2D eigenvalue weighted by atomic mass is 9.63. The maximum absolute atomic E-state index is 14.4. The third-order valence-electron chi connectivity index (χ3n) is 36.2. The van der Waals surface area contributed by atoms with Crippen molar-refractivity contribution in [3.8, 4) is 0 Å². The molecule has 0 N–H and O–H groups in total. The van der Waals surface area contributed by atoms with E-state index in [2.05, 4.69) is 174 Å². The zero-order valence-corrected chi connectivity index (χ0v) is 95.5. The largest absolute Gasteiger partial charge is 0.380 e. The van der Waals surface area contributed by atoms with Crippen LogP contribution < -0.4 is 0 Å². The van der Waals surface area contributed by atoms with E-state index < -0.39 is 11.8 Å². The van der Waals surface area contributed by atoms with Crippen LogP contribution in [0, 0.1) is 96.6 Å². The summed E-state index contributed by atoms with van der Waals surface area (Å²) in [6.45, 7) is 87.3. The molecule has 16 rings (SSSR count). The topological polar surface area (TPSA) is 41.6 Å². The Bertz CT molecular complexity index is 2840. The van der Waals surface area contributed by atoms with Gasteiger partial charge in [0.25, 0.3) is 5.92 Å². The van der Waals surface area contributed by atoms with Gasteiger partial charge in [-0.1, -0.05) is 285 Å². The molecule has 0 atom stereocenters. The number of nitrogens with zero attached hydrogens (tertiary/aromatic N) is 10. The third kappa shape index (κ3) is 50.4. The minimum Gasteiger partial charge on any atom is -0.380 e. The molecule has 16 fully saturated rings. The second-order valence-corrected chi connectivity index (χ2v) is 58.1. The SMILES string of the molecule is C1CCC(CN2CC3(CCC3)C2)CC1.CC(C)(C)CC(F)(F)C1CCN(CC2CCCCC2)CC1.CC(C)(C)CC1CCCCC1.CC(C)(C)CCN1CCC(CC2CCCCC2)CC1.CC(C)(C)CCN1CCC(CN2CCCCC2)CC1.CC(C)(C)CCN1CCN(CC2CCCCC2)CC1.CC(C)(C)CCOCCN1CC2(CCC2)C1.CC(C)(C)N1CCN(CC2CCCCC2)CC1. The standard InChI is InChI=1S/C18H33F2N.C18H35N.2C17H34N2.C15H30N2.C14H27NO.C13H23N.C11H22/c1-17(2,3)14-18(19,20)16-9-11-21(12-10-16)13-15-7-5-4-6-8-15;1-18(2,3)11-14-19-12-9-17(10-13-19)15-16-7-5-4-6-8-16;1-17(2,3)9-14-18-12-7-16(8-13-18)15-19-10-5-4-6-11-19;1-17(2,3)9-10-18-11-13-19(14-12-18)15-16-7-5-4-6-8-16;1-15(2,3)17-11-9-16(10-12-17)13-14-7-5-4-6-8-14;1-13(2,3)7-9-16-10-8-15-11-14(12-15)5-4-6-14;1-2-5-12(6-3-1)9-14-10-13(11-14)7-4-8-13;1-11(2,3)9-10-7-5-4-6-8-10/h15-16H,4-14H2,1-3H3;16-17H,4-15H2,1-3H3;2*16H,4-15H2,1-3H3;14H,4-13H2,1-3H3;4-12H2,1-3H3;12H,1-11H2;10H,4-9H2,1-3H3. The van der Waals surface area contributed by atoms with Crippen LogP contribution >= 0.6 is 0 Å². The number of hydrogen-bond donors (Lipinski definition) is 0. The fraction of sp³-hybridized carbons (Fsp3) is 1.00. The van der Waals surface area contributed by atoms with Gasteiger partial charge in [0, 0.05) is 142 Å². The quantitative estimate of drug-likeness (QED) is 0.0778. The Morgan fingerprint density at radius 1 is 0.235 bits per heavy atom. The fourth-order valence-corrected chi connectivity index (χ4v) is 26.9.